The van der Waals surface area contributed by atoms with Crippen molar-refractivity contribution in [3.8, 4) is 0 Å². The van der Waals surface area contributed by atoms with Crippen molar-refractivity contribution in [1.29, 1.82) is 0 Å². The second-order valence-electron chi connectivity index (χ2n) is 12.4. The van der Waals surface area contributed by atoms with Gasteiger partial charge < -0.3 is 19.6 Å². The summed E-state index contributed by atoms with van der Waals surface area (Å²) in [4.78, 5) is 46.6. The van der Waals surface area contributed by atoms with Crippen LogP contribution < -0.4 is 4.90 Å². The maximum absolute atomic E-state index is 15.0. The van der Waals surface area contributed by atoms with Crippen LogP contribution in [0.1, 0.15) is 64.0 Å². The summed E-state index contributed by atoms with van der Waals surface area (Å²) < 4.78 is 4.98. The van der Waals surface area contributed by atoms with Crippen molar-refractivity contribution >= 4 is 35.2 Å². The van der Waals surface area contributed by atoms with Gasteiger partial charge in [0.2, 0.25) is 5.91 Å². The highest BCUT2D eigenvalue weighted by molar-refractivity contribution is 8.02. The molecule has 1 aromatic rings. The van der Waals surface area contributed by atoms with Crippen molar-refractivity contribution in [3.05, 3.63) is 54.6 Å². The van der Waals surface area contributed by atoms with E-state index in [0.717, 1.165) is 48.9 Å². The van der Waals surface area contributed by atoms with Gasteiger partial charge in [0.1, 0.15) is 6.04 Å². The number of hydrogen-bond donors (Lipinski definition) is 1. The van der Waals surface area contributed by atoms with E-state index in [1.54, 1.807) is 27.6 Å². The molecule has 1 N–H and O–H groups in total. The van der Waals surface area contributed by atoms with Crippen molar-refractivity contribution in [1.82, 2.24) is 4.90 Å². The fourth-order valence-electron chi connectivity index (χ4n) is 7.43. The highest BCUT2D eigenvalue weighted by Gasteiger charge is 2.77. The van der Waals surface area contributed by atoms with Crippen LogP contribution in [-0.2, 0) is 19.1 Å². The molecule has 8 atom stereocenters. The van der Waals surface area contributed by atoms with Crippen LogP contribution in [0.25, 0.3) is 0 Å². The highest BCUT2D eigenvalue weighted by Crippen LogP contribution is 2.69. The number of thioether (sulfide) groups is 1. The van der Waals surface area contributed by atoms with Crippen molar-refractivity contribution < 1.29 is 24.2 Å². The third-order valence-electron chi connectivity index (χ3n) is 9.81. The number of rotatable bonds is 14. The first kappa shape index (κ1) is 32.3. The number of hydrogen-bond acceptors (Lipinski definition) is 6. The average Bonchev–Trinajstić information content (AvgIpc) is 3.56. The number of amides is 2. The highest BCUT2D eigenvalue weighted by atomic mass is 32.2. The van der Waals surface area contributed by atoms with Crippen LogP contribution in [0.5, 0.6) is 0 Å². The molecular formula is C34H48N2O5S. The number of esters is 1. The summed E-state index contributed by atoms with van der Waals surface area (Å²) in [5, 5.41) is 10.6. The van der Waals surface area contributed by atoms with E-state index in [4.69, 9.17) is 4.74 Å². The SMILES string of the molecule is C=CCCCCOC(=O)[C@@H]1[C@@H]2CC(C)C3(S2)C(C(=O)N(CC=C)c2cc(C)ccc2C)N([C@@H](CO)[C@@H](C)CC)C(=O)[C@H]13. The topological polar surface area (TPSA) is 87.2 Å². The predicted octanol–water partition coefficient (Wildman–Crippen LogP) is 5.47. The fraction of sp³-hybridized carbons (Fsp3) is 0.618. The molecular weight excluding hydrogens is 548 g/mol. The minimum Gasteiger partial charge on any atom is -0.465 e. The number of allylic oxidation sites excluding steroid dienone is 1. The van der Waals surface area contributed by atoms with Crippen LogP contribution >= 0.6 is 11.8 Å². The molecule has 3 aliphatic rings. The van der Waals surface area contributed by atoms with Gasteiger partial charge in [0.05, 0.1) is 35.8 Å². The summed E-state index contributed by atoms with van der Waals surface area (Å²) in [7, 11) is 0. The molecule has 3 heterocycles. The Morgan fingerprint density at radius 1 is 1.26 bits per heavy atom. The molecule has 0 saturated carbocycles. The zero-order valence-corrected chi connectivity index (χ0v) is 26.7. The fourth-order valence-corrected chi connectivity index (χ4v) is 9.82. The Labute approximate surface area is 255 Å². The summed E-state index contributed by atoms with van der Waals surface area (Å²) in [5.41, 5.74) is 2.77. The van der Waals surface area contributed by atoms with E-state index in [1.165, 1.54) is 0 Å². The van der Waals surface area contributed by atoms with E-state index in [0.29, 0.717) is 6.61 Å². The molecule has 0 aromatic heterocycles. The number of anilines is 1. The van der Waals surface area contributed by atoms with E-state index in [9.17, 15) is 19.5 Å². The van der Waals surface area contributed by atoms with Crippen molar-refractivity contribution in [2.75, 3.05) is 24.7 Å². The van der Waals surface area contributed by atoms with Crippen LogP contribution in [0.4, 0.5) is 5.69 Å². The molecule has 0 radical (unpaired) electrons. The number of carbonyl (C=O) groups is 3. The van der Waals surface area contributed by atoms with Gasteiger partial charge in [-0.05, 0) is 68.6 Å². The molecule has 8 heteroatoms. The summed E-state index contributed by atoms with van der Waals surface area (Å²) in [6.45, 7) is 18.1. The Morgan fingerprint density at radius 3 is 2.64 bits per heavy atom. The first-order valence-electron chi connectivity index (χ1n) is 15.5. The maximum atomic E-state index is 15.0. The predicted molar refractivity (Wildman–Crippen MR) is 169 cm³/mol. The van der Waals surface area contributed by atoms with Crippen LogP contribution in [0.3, 0.4) is 0 Å². The molecule has 1 spiro atoms. The smallest absolute Gasteiger partial charge is 0.310 e. The van der Waals surface area contributed by atoms with Gasteiger partial charge in [0, 0.05) is 17.5 Å². The number of aryl methyl sites for hydroxylation is 2. The number of aliphatic hydroxyl groups excluding tert-OH is 1. The summed E-state index contributed by atoms with van der Waals surface area (Å²) in [6.07, 6.45) is 7.53. The Hall–Kier alpha value is -2.58. The Bertz CT molecular complexity index is 1200. The zero-order valence-electron chi connectivity index (χ0n) is 25.9. The molecule has 4 rings (SSSR count). The van der Waals surface area contributed by atoms with Gasteiger partial charge in [-0.15, -0.1) is 24.9 Å². The summed E-state index contributed by atoms with van der Waals surface area (Å²) in [5.74, 6) is -2.02. The van der Waals surface area contributed by atoms with E-state index < -0.39 is 28.7 Å². The summed E-state index contributed by atoms with van der Waals surface area (Å²) >= 11 is 1.64. The molecule has 2 amide bonds. The van der Waals surface area contributed by atoms with Crippen molar-refractivity contribution in [3.63, 3.8) is 0 Å². The lowest BCUT2D eigenvalue weighted by Crippen LogP contribution is -2.60. The third kappa shape index (κ3) is 5.45. The molecule has 2 bridgehead atoms. The van der Waals surface area contributed by atoms with E-state index >= 15 is 0 Å². The molecule has 3 saturated heterocycles. The van der Waals surface area contributed by atoms with E-state index in [-0.39, 0.29) is 48.0 Å². The van der Waals surface area contributed by atoms with Crippen LogP contribution in [0.2, 0.25) is 0 Å². The number of benzene rings is 1. The quantitative estimate of drug-likeness (QED) is 0.174. The standard InChI is InChI=1S/C34H48N2O5S/c1-8-11-12-13-17-41-33(40)28-27-19-24(7)34(42-27)29(28)31(38)36(26(20-37)22(5)10-3)30(34)32(39)35(16-9-2)25-18-21(4)14-15-23(25)6/h8-9,14-15,18,22,24,26-30,37H,1-2,10-13,16-17,19-20H2,3-7H3/t22-,24?,26-,27-,28+,29-,30?,34?/m0/s1. The molecule has 3 unspecified atom stereocenters. The number of unbranched alkanes of at least 4 members (excludes halogenated alkanes) is 2. The van der Waals surface area contributed by atoms with Crippen LogP contribution in [-0.4, -0.2) is 69.6 Å². The van der Waals surface area contributed by atoms with Gasteiger partial charge in [0.25, 0.3) is 5.91 Å². The number of aliphatic hydroxyl groups is 1. The normalized spacial score (nSPS) is 29.2. The molecule has 230 valence electrons. The lowest BCUT2D eigenvalue weighted by atomic mass is 9.66. The lowest BCUT2D eigenvalue weighted by Gasteiger charge is -2.43. The van der Waals surface area contributed by atoms with Crippen molar-refractivity contribution in [2.24, 2.45) is 23.7 Å². The van der Waals surface area contributed by atoms with E-state index in [2.05, 4.69) is 20.1 Å². The van der Waals surface area contributed by atoms with Crippen LogP contribution in [0.15, 0.2) is 43.5 Å². The molecule has 0 aliphatic carbocycles. The maximum Gasteiger partial charge on any atom is 0.310 e. The zero-order chi connectivity index (χ0) is 30.8. The minimum absolute atomic E-state index is 0.0255. The van der Waals surface area contributed by atoms with Crippen LogP contribution in [0, 0.1) is 37.5 Å². The third-order valence-corrected chi connectivity index (χ3v) is 11.9. The largest absolute Gasteiger partial charge is 0.465 e. The number of likely N-dealkylation sites (tertiary alicyclic amines) is 1. The molecule has 7 nitrogen and oxygen atoms in total. The summed E-state index contributed by atoms with van der Waals surface area (Å²) in [6, 6.07) is 4.66. The number of ether oxygens (including phenoxy) is 1. The average molecular weight is 597 g/mol. The Balaban J connectivity index is 1.80. The molecule has 1 aromatic carbocycles. The van der Waals surface area contributed by atoms with Crippen molar-refractivity contribution in [2.45, 2.75) is 88.8 Å². The van der Waals surface area contributed by atoms with Gasteiger partial charge in [0.15, 0.2) is 0 Å². The first-order chi connectivity index (χ1) is 20.1. The second-order valence-corrected chi connectivity index (χ2v) is 14.0. The minimum atomic E-state index is -0.823. The molecule has 3 aliphatic heterocycles. The van der Waals surface area contributed by atoms with Gasteiger partial charge >= 0.3 is 5.97 Å². The Morgan fingerprint density at radius 2 is 2.00 bits per heavy atom. The molecule has 3 fully saturated rings. The second kappa shape index (κ2) is 13.4. The molecule has 42 heavy (non-hydrogen) atoms. The van der Waals surface area contributed by atoms with Gasteiger partial charge in [-0.2, -0.15) is 0 Å². The lowest BCUT2D eigenvalue weighted by molar-refractivity contribution is -0.155. The van der Waals surface area contributed by atoms with Gasteiger partial charge in [-0.3, -0.25) is 14.4 Å². The number of fused-ring (bicyclic) bond motifs is 1. The van der Waals surface area contributed by atoms with Gasteiger partial charge in [-0.25, -0.2) is 0 Å². The Kier molecular flexibility index (Phi) is 10.3. The number of nitrogens with zero attached hydrogens (tertiary/aromatic N) is 2. The number of carbonyl (C=O) groups excluding carboxylic acids is 3. The monoisotopic (exact) mass is 596 g/mol. The van der Waals surface area contributed by atoms with E-state index in [1.807, 2.05) is 52.0 Å². The van der Waals surface area contributed by atoms with Gasteiger partial charge in [-0.1, -0.05) is 51.5 Å². The first-order valence-corrected chi connectivity index (χ1v) is 16.3.